The van der Waals surface area contributed by atoms with E-state index in [9.17, 15) is 17.8 Å². The van der Waals surface area contributed by atoms with E-state index in [0.29, 0.717) is 65.9 Å². The van der Waals surface area contributed by atoms with Crippen LogP contribution in [0.2, 0.25) is 5.02 Å². The van der Waals surface area contributed by atoms with Gasteiger partial charge in [0, 0.05) is 23.9 Å². The molecule has 0 spiro atoms. The Hall–Kier alpha value is -3.05. The van der Waals surface area contributed by atoms with E-state index in [0.717, 1.165) is 17.5 Å². The minimum Gasteiger partial charge on any atom is -0.748 e. The summed E-state index contributed by atoms with van der Waals surface area (Å²) in [4.78, 5) is 24.7. The van der Waals surface area contributed by atoms with Crippen molar-refractivity contribution in [2.75, 3.05) is 12.4 Å². The Kier molecular flexibility index (Phi) is 11.5. The Balaban J connectivity index is 0.00000423. The van der Waals surface area contributed by atoms with Crippen molar-refractivity contribution in [3.05, 3.63) is 112 Å². The Bertz CT molecular complexity index is 1690. The van der Waals surface area contributed by atoms with E-state index >= 15 is 0 Å². The van der Waals surface area contributed by atoms with Crippen LogP contribution in [0.15, 0.2) is 101 Å². The van der Waals surface area contributed by atoms with Gasteiger partial charge in [-0.05, 0) is 42.2 Å². The molecule has 8 nitrogen and oxygen atoms in total. The van der Waals surface area contributed by atoms with Gasteiger partial charge < -0.3 is 9.29 Å². The number of hydrogen-bond acceptors (Lipinski definition) is 7. The molecule has 0 radical (unpaired) electrons. The molecule has 0 atom stereocenters. The zero-order valence-electron chi connectivity index (χ0n) is 23.8. The zero-order chi connectivity index (χ0) is 29.5. The number of unbranched alkanes of at least 4 members (excludes halogenated alkanes) is 3. The van der Waals surface area contributed by atoms with Crippen molar-refractivity contribution in [3.8, 4) is 5.75 Å². The van der Waals surface area contributed by atoms with Gasteiger partial charge in [0.15, 0.2) is 5.84 Å². The fourth-order valence-corrected chi connectivity index (χ4v) is 5.45. The van der Waals surface area contributed by atoms with Crippen molar-refractivity contribution in [1.82, 2.24) is 4.90 Å². The first-order valence-electron chi connectivity index (χ1n) is 13.7. The topological polar surface area (TPSA) is 111 Å². The fraction of sp³-hybridized carbons (Fsp3) is 0.219. The molecule has 0 unspecified atom stereocenters. The van der Waals surface area contributed by atoms with Gasteiger partial charge in [0.25, 0.3) is 5.91 Å². The van der Waals surface area contributed by atoms with Crippen molar-refractivity contribution in [3.63, 3.8) is 0 Å². The summed E-state index contributed by atoms with van der Waals surface area (Å²) in [5.74, 6) is 0.428. The summed E-state index contributed by atoms with van der Waals surface area (Å²) in [5, 5.41) is 0.398. The van der Waals surface area contributed by atoms with Gasteiger partial charge in [-0.25, -0.2) is 18.4 Å². The molecule has 2 heterocycles. The van der Waals surface area contributed by atoms with Gasteiger partial charge >= 0.3 is 29.6 Å². The third kappa shape index (κ3) is 8.98. The number of halogens is 1. The molecule has 0 N–H and O–H groups in total. The Morgan fingerprint density at radius 3 is 2.30 bits per heavy atom. The number of ether oxygens (including phenoxy) is 1. The second kappa shape index (κ2) is 15.1. The van der Waals surface area contributed by atoms with E-state index in [2.05, 4.69) is 0 Å². The van der Waals surface area contributed by atoms with E-state index in [1.807, 2.05) is 66.7 Å². The molecule has 5 rings (SSSR count). The number of aliphatic imine (C=N–C) groups is 2. The van der Waals surface area contributed by atoms with Crippen molar-refractivity contribution >= 4 is 50.9 Å². The minimum atomic E-state index is -4.16. The summed E-state index contributed by atoms with van der Waals surface area (Å²) < 4.78 is 37.8. The molecule has 0 saturated heterocycles. The molecule has 3 aromatic carbocycles. The molecule has 0 aromatic heterocycles. The standard InChI is InChI=1S/C32H30ClN3O5S.Na/c33-26-19-24(15-16-30(26)41-17-9-1-2-10-18-42(38,39)40)21-28-32(37)36-22-29(25-13-7-4-8-14-25)34-27(31(36)35-28)20-23-11-5-3-6-12-23;/h3-8,11-16,19,21-22H,1-2,9-10,17-18,20H2,(H,38,39,40);/q;+1/p-1/b28-21-;. The predicted molar refractivity (Wildman–Crippen MR) is 164 cm³/mol. The van der Waals surface area contributed by atoms with Crippen LogP contribution < -0.4 is 34.3 Å². The minimum absolute atomic E-state index is 0. The average molecular weight is 626 g/mol. The first-order chi connectivity index (χ1) is 20.3. The quantitative estimate of drug-likeness (QED) is 0.133. The maximum Gasteiger partial charge on any atom is 1.00 e. The van der Waals surface area contributed by atoms with E-state index in [1.165, 1.54) is 0 Å². The summed E-state index contributed by atoms with van der Waals surface area (Å²) in [6.45, 7) is 0.408. The SMILES string of the molecule is O=C1/C(=C/c2ccc(OCCCCCCS(=O)(=O)[O-])c(Cl)c2)N=C2C(Cc3ccccc3)=NC(c3ccccc3)=CN12.[Na+]. The molecule has 0 aliphatic carbocycles. The number of rotatable bonds is 12. The summed E-state index contributed by atoms with van der Waals surface area (Å²) >= 11 is 6.47. The number of nitrogens with zero attached hydrogens (tertiary/aromatic N) is 3. The fourth-order valence-electron chi connectivity index (χ4n) is 4.65. The van der Waals surface area contributed by atoms with Crippen LogP contribution in [0, 0.1) is 0 Å². The second-order valence-corrected chi connectivity index (χ2v) is 11.9. The number of hydrogen-bond donors (Lipinski definition) is 0. The van der Waals surface area contributed by atoms with Crippen molar-refractivity contribution in [2.45, 2.75) is 32.1 Å². The number of amides is 1. The van der Waals surface area contributed by atoms with Crippen molar-refractivity contribution < 1.29 is 52.1 Å². The summed E-state index contributed by atoms with van der Waals surface area (Å²) in [6, 6.07) is 25.0. The average Bonchev–Trinajstić information content (AvgIpc) is 3.29. The van der Waals surface area contributed by atoms with Crippen LogP contribution in [0.3, 0.4) is 0 Å². The molecule has 2 aliphatic heterocycles. The van der Waals surface area contributed by atoms with Gasteiger partial charge in [-0.1, -0.05) is 91.2 Å². The van der Waals surface area contributed by atoms with Gasteiger partial charge in [-0.2, -0.15) is 0 Å². The van der Waals surface area contributed by atoms with Crippen LogP contribution in [0.1, 0.15) is 42.4 Å². The van der Waals surface area contributed by atoms with Crippen LogP contribution in [-0.4, -0.2) is 47.7 Å². The number of carbonyl (C=O) groups is 1. The van der Waals surface area contributed by atoms with E-state index in [1.54, 1.807) is 29.3 Å². The van der Waals surface area contributed by atoms with Crippen molar-refractivity contribution in [2.24, 2.45) is 9.98 Å². The Morgan fingerprint density at radius 2 is 1.60 bits per heavy atom. The molecule has 2 aliphatic rings. The molecular weight excluding hydrogens is 597 g/mol. The van der Waals surface area contributed by atoms with E-state index in [4.69, 9.17) is 26.3 Å². The molecular formula is C32H29ClN3NaO5S. The molecule has 43 heavy (non-hydrogen) atoms. The number of fused-ring (bicyclic) bond motifs is 1. The molecule has 216 valence electrons. The molecule has 3 aromatic rings. The smallest absolute Gasteiger partial charge is 0.748 e. The summed E-state index contributed by atoms with van der Waals surface area (Å²) in [7, 11) is -4.16. The van der Waals surface area contributed by atoms with Gasteiger partial charge in [0.1, 0.15) is 11.4 Å². The summed E-state index contributed by atoms with van der Waals surface area (Å²) in [5.41, 5.74) is 4.35. The molecule has 0 saturated carbocycles. The summed E-state index contributed by atoms with van der Waals surface area (Å²) in [6.07, 6.45) is 6.38. The first-order valence-corrected chi connectivity index (χ1v) is 15.6. The number of amidine groups is 1. The second-order valence-electron chi connectivity index (χ2n) is 9.96. The Labute approximate surface area is 278 Å². The molecule has 11 heteroatoms. The van der Waals surface area contributed by atoms with Crippen molar-refractivity contribution in [1.29, 1.82) is 0 Å². The van der Waals surface area contributed by atoms with E-state index < -0.39 is 10.1 Å². The Morgan fingerprint density at radius 1 is 0.907 bits per heavy atom. The van der Waals surface area contributed by atoms with Gasteiger partial charge in [0.05, 0.1) is 33.2 Å². The van der Waals surface area contributed by atoms with Gasteiger partial charge in [-0.3, -0.25) is 9.69 Å². The number of carbonyl (C=O) groups excluding carboxylic acids is 1. The third-order valence-corrected chi connectivity index (χ3v) is 7.83. The van der Waals surface area contributed by atoms with Crippen LogP contribution in [-0.2, 0) is 21.3 Å². The largest absolute Gasteiger partial charge is 1.00 e. The van der Waals surface area contributed by atoms with Crippen LogP contribution in [0.25, 0.3) is 11.8 Å². The number of benzene rings is 3. The van der Waals surface area contributed by atoms with Gasteiger partial charge in [-0.15, -0.1) is 0 Å². The zero-order valence-corrected chi connectivity index (χ0v) is 27.4. The van der Waals surface area contributed by atoms with E-state index in [-0.39, 0.29) is 46.9 Å². The third-order valence-electron chi connectivity index (χ3n) is 6.75. The first kappa shape index (κ1) is 32.9. The monoisotopic (exact) mass is 625 g/mol. The molecule has 0 fully saturated rings. The van der Waals surface area contributed by atoms with Crippen LogP contribution in [0.4, 0.5) is 0 Å². The molecule has 1 amide bonds. The normalized spacial score (nSPS) is 15.4. The van der Waals surface area contributed by atoms with Gasteiger partial charge in [0.2, 0.25) is 0 Å². The maximum atomic E-state index is 13.5. The predicted octanol–water partition coefficient (Wildman–Crippen LogP) is 3.11. The maximum absolute atomic E-state index is 13.5. The molecule has 0 bridgehead atoms. The van der Waals surface area contributed by atoms with Crippen LogP contribution in [0.5, 0.6) is 5.75 Å². The van der Waals surface area contributed by atoms with Crippen LogP contribution >= 0.6 is 11.6 Å².